The maximum Gasteiger partial charge on any atom is 0.172 e. The summed E-state index contributed by atoms with van der Waals surface area (Å²) >= 11 is 1.48. The first-order valence-electron chi connectivity index (χ1n) is 6.47. The van der Waals surface area contributed by atoms with E-state index in [1.165, 1.54) is 11.8 Å². The summed E-state index contributed by atoms with van der Waals surface area (Å²) in [6, 6.07) is 7.96. The monoisotopic (exact) mass is 296 g/mol. The Morgan fingerprint density at radius 3 is 3.00 bits per heavy atom. The fourth-order valence-corrected chi connectivity index (χ4v) is 3.04. The average molecular weight is 296 g/mol. The van der Waals surface area contributed by atoms with Gasteiger partial charge in [-0.3, -0.25) is 0 Å². The van der Waals surface area contributed by atoms with Crippen LogP contribution in [0, 0.1) is 0 Å². The van der Waals surface area contributed by atoms with Gasteiger partial charge in [-0.05, 0) is 23.9 Å². The highest BCUT2D eigenvalue weighted by molar-refractivity contribution is 7.99. The molecule has 3 aromatic heterocycles. The van der Waals surface area contributed by atoms with Crippen LogP contribution in [0.5, 0.6) is 0 Å². The SMILES string of the molecule is CNc1cn2ccnc2c(Sc2nc3ccccc3[nH]2)n1. The summed E-state index contributed by atoms with van der Waals surface area (Å²) in [7, 11) is 1.85. The summed E-state index contributed by atoms with van der Waals surface area (Å²) < 4.78 is 1.95. The first-order chi connectivity index (χ1) is 10.3. The molecule has 0 fully saturated rings. The minimum atomic E-state index is 0.791. The molecule has 1 aromatic carbocycles. The van der Waals surface area contributed by atoms with Gasteiger partial charge < -0.3 is 14.7 Å². The Kier molecular flexibility index (Phi) is 2.78. The van der Waals surface area contributed by atoms with E-state index < -0.39 is 0 Å². The average Bonchev–Trinajstić information content (AvgIpc) is 3.12. The molecule has 0 spiro atoms. The normalized spacial score (nSPS) is 11.3. The van der Waals surface area contributed by atoms with Gasteiger partial charge in [0.1, 0.15) is 10.8 Å². The fourth-order valence-electron chi connectivity index (χ4n) is 2.16. The molecular weight excluding hydrogens is 284 g/mol. The molecule has 0 bridgehead atoms. The van der Waals surface area contributed by atoms with Crippen molar-refractivity contribution in [1.82, 2.24) is 24.3 Å². The number of hydrogen-bond donors (Lipinski definition) is 2. The molecule has 0 saturated heterocycles. The molecule has 7 heteroatoms. The number of H-pyrrole nitrogens is 1. The van der Waals surface area contributed by atoms with Crippen LogP contribution in [-0.4, -0.2) is 31.4 Å². The van der Waals surface area contributed by atoms with Crippen LogP contribution in [0.3, 0.4) is 0 Å². The molecule has 0 aliphatic carbocycles. The second kappa shape index (κ2) is 4.78. The van der Waals surface area contributed by atoms with Gasteiger partial charge in [-0.2, -0.15) is 0 Å². The van der Waals surface area contributed by atoms with E-state index in [9.17, 15) is 0 Å². The maximum absolute atomic E-state index is 4.57. The van der Waals surface area contributed by atoms with Crippen LogP contribution in [0.4, 0.5) is 5.82 Å². The lowest BCUT2D eigenvalue weighted by molar-refractivity contribution is 1.01. The highest BCUT2D eigenvalue weighted by Crippen LogP contribution is 2.29. The van der Waals surface area contributed by atoms with Crippen molar-refractivity contribution in [2.24, 2.45) is 0 Å². The molecule has 104 valence electrons. The molecule has 4 rings (SSSR count). The van der Waals surface area contributed by atoms with Crippen LogP contribution in [-0.2, 0) is 0 Å². The lowest BCUT2D eigenvalue weighted by atomic mass is 10.3. The Labute approximate surface area is 124 Å². The Balaban J connectivity index is 1.80. The Hall–Kier alpha value is -2.54. The number of nitrogens with one attached hydrogen (secondary N) is 2. The van der Waals surface area contributed by atoms with Crippen molar-refractivity contribution in [3.8, 4) is 0 Å². The minimum Gasteiger partial charge on any atom is -0.372 e. The van der Waals surface area contributed by atoms with Crippen LogP contribution < -0.4 is 5.32 Å². The first-order valence-corrected chi connectivity index (χ1v) is 7.29. The van der Waals surface area contributed by atoms with E-state index in [2.05, 4.69) is 25.3 Å². The number of hydrogen-bond acceptors (Lipinski definition) is 5. The van der Waals surface area contributed by atoms with Crippen LogP contribution in [0.25, 0.3) is 16.7 Å². The largest absolute Gasteiger partial charge is 0.372 e. The number of para-hydroxylation sites is 2. The van der Waals surface area contributed by atoms with Gasteiger partial charge >= 0.3 is 0 Å². The van der Waals surface area contributed by atoms with E-state index in [4.69, 9.17) is 0 Å². The zero-order chi connectivity index (χ0) is 14.2. The summed E-state index contributed by atoms with van der Waals surface area (Å²) in [4.78, 5) is 16.8. The second-order valence-electron chi connectivity index (χ2n) is 4.50. The van der Waals surface area contributed by atoms with E-state index >= 15 is 0 Å². The number of imidazole rings is 2. The van der Waals surface area contributed by atoms with Gasteiger partial charge in [0.05, 0.1) is 17.2 Å². The maximum atomic E-state index is 4.57. The van der Waals surface area contributed by atoms with Gasteiger partial charge in [0.2, 0.25) is 0 Å². The topological polar surface area (TPSA) is 70.9 Å². The molecular formula is C14H12N6S. The third-order valence-electron chi connectivity index (χ3n) is 3.16. The quantitative estimate of drug-likeness (QED) is 0.608. The Morgan fingerprint density at radius 1 is 1.24 bits per heavy atom. The number of benzene rings is 1. The molecule has 3 heterocycles. The number of aromatic nitrogens is 5. The summed E-state index contributed by atoms with van der Waals surface area (Å²) in [5, 5.41) is 4.68. The van der Waals surface area contributed by atoms with Crippen molar-refractivity contribution in [3.05, 3.63) is 42.9 Å². The van der Waals surface area contributed by atoms with E-state index in [1.54, 1.807) is 6.20 Å². The van der Waals surface area contributed by atoms with Crippen molar-refractivity contribution in [3.63, 3.8) is 0 Å². The Morgan fingerprint density at radius 2 is 2.14 bits per heavy atom. The Bertz CT molecular complexity index is 892. The van der Waals surface area contributed by atoms with Crippen LogP contribution >= 0.6 is 11.8 Å². The van der Waals surface area contributed by atoms with Gasteiger partial charge in [-0.1, -0.05) is 12.1 Å². The third-order valence-corrected chi connectivity index (χ3v) is 4.01. The van der Waals surface area contributed by atoms with Crippen molar-refractivity contribution in [2.75, 3.05) is 12.4 Å². The van der Waals surface area contributed by atoms with Gasteiger partial charge in [0.15, 0.2) is 10.8 Å². The number of anilines is 1. The molecule has 4 aromatic rings. The molecule has 0 aliphatic rings. The minimum absolute atomic E-state index is 0.791. The molecule has 0 saturated carbocycles. The summed E-state index contributed by atoms with van der Waals surface area (Å²) in [5.74, 6) is 0.791. The smallest absolute Gasteiger partial charge is 0.172 e. The molecule has 21 heavy (non-hydrogen) atoms. The zero-order valence-corrected chi connectivity index (χ0v) is 12.1. The van der Waals surface area contributed by atoms with Crippen LogP contribution in [0.15, 0.2) is 53.0 Å². The molecule has 0 atom stereocenters. The molecule has 0 amide bonds. The molecule has 0 unspecified atom stereocenters. The molecule has 2 N–H and O–H groups in total. The van der Waals surface area contributed by atoms with Gasteiger partial charge in [0, 0.05) is 19.4 Å². The van der Waals surface area contributed by atoms with E-state index in [0.29, 0.717) is 0 Å². The lowest BCUT2D eigenvalue weighted by Crippen LogP contribution is -1.98. The summed E-state index contributed by atoms with van der Waals surface area (Å²) in [5.41, 5.74) is 2.78. The highest BCUT2D eigenvalue weighted by Gasteiger charge is 2.11. The predicted octanol–water partition coefficient (Wildman–Crippen LogP) is 2.80. The van der Waals surface area contributed by atoms with Gasteiger partial charge in [-0.15, -0.1) is 0 Å². The summed E-state index contributed by atoms with van der Waals surface area (Å²) in [6.07, 6.45) is 5.57. The van der Waals surface area contributed by atoms with Gasteiger partial charge in [-0.25, -0.2) is 15.0 Å². The van der Waals surface area contributed by atoms with E-state index in [1.807, 2.05) is 48.1 Å². The van der Waals surface area contributed by atoms with Crippen molar-refractivity contribution < 1.29 is 0 Å². The zero-order valence-electron chi connectivity index (χ0n) is 11.2. The number of fused-ring (bicyclic) bond motifs is 2. The van der Waals surface area contributed by atoms with Crippen molar-refractivity contribution in [2.45, 2.75) is 10.2 Å². The first kappa shape index (κ1) is 12.2. The van der Waals surface area contributed by atoms with Gasteiger partial charge in [0.25, 0.3) is 0 Å². The fraction of sp³-hybridized carbons (Fsp3) is 0.0714. The van der Waals surface area contributed by atoms with E-state index in [-0.39, 0.29) is 0 Å². The number of nitrogens with zero attached hydrogens (tertiary/aromatic N) is 4. The second-order valence-corrected chi connectivity index (χ2v) is 5.48. The van der Waals surface area contributed by atoms with Crippen molar-refractivity contribution in [1.29, 1.82) is 0 Å². The molecule has 0 aliphatic heterocycles. The van der Waals surface area contributed by atoms with Crippen molar-refractivity contribution >= 4 is 34.3 Å². The highest BCUT2D eigenvalue weighted by atomic mass is 32.2. The van der Waals surface area contributed by atoms with E-state index in [0.717, 1.165) is 32.7 Å². The molecule has 0 radical (unpaired) electrons. The number of rotatable bonds is 3. The number of aromatic amines is 1. The standard InChI is InChI=1S/C14H12N6S/c1-15-11-8-20-7-6-16-12(20)13(19-11)21-14-17-9-4-2-3-5-10(9)18-14/h2-8,15H,1H3,(H,17,18). The third kappa shape index (κ3) is 2.11. The molecule has 6 nitrogen and oxygen atoms in total. The summed E-state index contributed by atoms with van der Waals surface area (Å²) in [6.45, 7) is 0. The lowest BCUT2D eigenvalue weighted by Gasteiger charge is -2.05. The van der Waals surface area contributed by atoms with Crippen LogP contribution in [0.2, 0.25) is 0 Å². The predicted molar refractivity (Wildman–Crippen MR) is 82.8 cm³/mol. The van der Waals surface area contributed by atoms with Crippen LogP contribution in [0.1, 0.15) is 0 Å².